The summed E-state index contributed by atoms with van der Waals surface area (Å²) in [7, 11) is 0. The summed E-state index contributed by atoms with van der Waals surface area (Å²) < 4.78 is 0. The van der Waals surface area contributed by atoms with Crippen LogP contribution >= 0.6 is 0 Å². The zero-order valence-corrected chi connectivity index (χ0v) is 9.36. The minimum Gasteiger partial charge on any atom is -0.317 e. The number of hydrogen-bond donors (Lipinski definition) is 1. The van der Waals surface area contributed by atoms with Crippen molar-refractivity contribution >= 4 is 5.78 Å². The van der Waals surface area contributed by atoms with Crippen molar-refractivity contribution in [3.63, 3.8) is 0 Å². The average Bonchev–Trinajstić information content (AvgIpc) is 2.38. The van der Waals surface area contributed by atoms with E-state index in [1.165, 1.54) is 0 Å². The summed E-state index contributed by atoms with van der Waals surface area (Å²) >= 11 is 0. The molecule has 0 spiro atoms. The number of hydrogen-bond acceptors (Lipinski definition) is 2. The fourth-order valence-corrected chi connectivity index (χ4v) is 1.96. The molecule has 0 saturated carbocycles. The summed E-state index contributed by atoms with van der Waals surface area (Å²) in [5.41, 5.74) is 0.771. The van der Waals surface area contributed by atoms with Gasteiger partial charge in [0.05, 0.1) is 0 Å². The van der Waals surface area contributed by atoms with E-state index < -0.39 is 0 Å². The minimum atomic E-state index is 0.110. The van der Waals surface area contributed by atoms with Crippen LogP contribution in [0.4, 0.5) is 0 Å². The van der Waals surface area contributed by atoms with Gasteiger partial charge in [-0.2, -0.15) is 0 Å². The van der Waals surface area contributed by atoms with E-state index in [-0.39, 0.29) is 5.78 Å². The fraction of sp³-hybridized carbons (Fsp3) is 0.357. The first-order valence-corrected chi connectivity index (χ1v) is 5.84. The monoisotopic (exact) mass is 215 g/mol. The predicted molar refractivity (Wildman–Crippen MR) is 65.5 cm³/mol. The van der Waals surface area contributed by atoms with Gasteiger partial charge in [-0.25, -0.2) is 0 Å². The number of nitrogens with one attached hydrogen (secondary N) is 1. The van der Waals surface area contributed by atoms with Gasteiger partial charge in [-0.3, -0.25) is 4.79 Å². The van der Waals surface area contributed by atoms with Gasteiger partial charge in [0.25, 0.3) is 0 Å². The second kappa shape index (κ2) is 5.61. The first kappa shape index (κ1) is 11.1. The fourth-order valence-electron chi connectivity index (χ4n) is 1.96. The Morgan fingerprint density at radius 1 is 1.19 bits per heavy atom. The van der Waals surface area contributed by atoms with Gasteiger partial charge in [-0.05, 0) is 37.9 Å². The summed E-state index contributed by atoms with van der Waals surface area (Å²) in [6, 6.07) is 9.43. The largest absolute Gasteiger partial charge is 0.317 e. The minimum absolute atomic E-state index is 0.110. The first-order chi connectivity index (χ1) is 7.86. The molecule has 0 aliphatic carbocycles. The lowest BCUT2D eigenvalue weighted by atomic mass is 9.97. The third-order valence-corrected chi connectivity index (χ3v) is 2.96. The van der Waals surface area contributed by atoms with Crippen LogP contribution in [-0.2, 0) is 0 Å². The number of ketones is 1. The molecule has 0 radical (unpaired) electrons. The quantitative estimate of drug-likeness (QED) is 0.619. The summed E-state index contributed by atoms with van der Waals surface area (Å²) in [5, 5.41) is 3.32. The lowest BCUT2D eigenvalue weighted by molar-refractivity contribution is 0.104. The Labute approximate surface area is 96.4 Å². The standard InChI is InChI=1S/C14H17NO/c16-14(13-4-2-1-3-5-13)7-6-12-8-10-15-11-9-12/h1-7,12,15H,8-11H2. The molecule has 0 unspecified atom stereocenters. The predicted octanol–water partition coefficient (Wildman–Crippen LogP) is 2.43. The lowest BCUT2D eigenvalue weighted by Crippen LogP contribution is -2.26. The molecule has 16 heavy (non-hydrogen) atoms. The Kier molecular flexibility index (Phi) is 3.89. The molecule has 84 valence electrons. The molecule has 1 heterocycles. The molecule has 1 aromatic carbocycles. The molecule has 0 atom stereocenters. The van der Waals surface area contributed by atoms with Crippen molar-refractivity contribution in [2.75, 3.05) is 13.1 Å². The molecule has 1 aliphatic rings. The molecule has 0 aromatic heterocycles. The maximum Gasteiger partial charge on any atom is 0.185 e. The van der Waals surface area contributed by atoms with Gasteiger partial charge in [-0.1, -0.05) is 36.4 Å². The number of allylic oxidation sites excluding steroid dienone is 2. The van der Waals surface area contributed by atoms with Crippen LogP contribution in [-0.4, -0.2) is 18.9 Å². The lowest BCUT2D eigenvalue weighted by Gasteiger charge is -2.18. The number of piperidine rings is 1. The van der Waals surface area contributed by atoms with Gasteiger partial charge in [0.1, 0.15) is 0 Å². The highest BCUT2D eigenvalue weighted by Gasteiger charge is 2.10. The van der Waals surface area contributed by atoms with Gasteiger partial charge in [0, 0.05) is 5.56 Å². The van der Waals surface area contributed by atoms with Crippen molar-refractivity contribution in [3.05, 3.63) is 48.0 Å². The van der Waals surface area contributed by atoms with Gasteiger partial charge in [0.15, 0.2) is 5.78 Å². The van der Waals surface area contributed by atoms with Crippen molar-refractivity contribution < 1.29 is 4.79 Å². The Hall–Kier alpha value is -1.41. The summed E-state index contributed by atoms with van der Waals surface area (Å²) in [4.78, 5) is 11.8. The van der Waals surface area contributed by atoms with Crippen LogP contribution < -0.4 is 5.32 Å². The van der Waals surface area contributed by atoms with Crippen LogP contribution in [0.1, 0.15) is 23.2 Å². The van der Waals surface area contributed by atoms with Gasteiger partial charge in [0.2, 0.25) is 0 Å². The summed E-state index contributed by atoms with van der Waals surface area (Å²) in [5.74, 6) is 0.674. The third-order valence-electron chi connectivity index (χ3n) is 2.96. The molecule has 1 aromatic rings. The maximum atomic E-state index is 11.8. The van der Waals surface area contributed by atoms with Gasteiger partial charge < -0.3 is 5.32 Å². The van der Waals surface area contributed by atoms with E-state index in [1.807, 2.05) is 30.3 Å². The zero-order chi connectivity index (χ0) is 11.2. The molecule has 2 heteroatoms. The van der Waals surface area contributed by atoms with E-state index in [4.69, 9.17) is 0 Å². The van der Waals surface area contributed by atoms with E-state index in [2.05, 4.69) is 11.4 Å². The van der Waals surface area contributed by atoms with E-state index in [1.54, 1.807) is 6.08 Å². The smallest absolute Gasteiger partial charge is 0.185 e. The Bertz CT molecular complexity index is 364. The normalized spacial score (nSPS) is 17.8. The highest BCUT2D eigenvalue weighted by molar-refractivity contribution is 6.04. The van der Waals surface area contributed by atoms with Crippen molar-refractivity contribution in [2.45, 2.75) is 12.8 Å². The number of carbonyl (C=O) groups is 1. The molecule has 0 bridgehead atoms. The Morgan fingerprint density at radius 2 is 1.88 bits per heavy atom. The van der Waals surface area contributed by atoms with Crippen LogP contribution in [0.3, 0.4) is 0 Å². The first-order valence-electron chi connectivity index (χ1n) is 5.84. The molecule has 2 rings (SSSR count). The van der Waals surface area contributed by atoms with Crippen molar-refractivity contribution in [1.29, 1.82) is 0 Å². The molecule has 1 aliphatic heterocycles. The van der Waals surface area contributed by atoms with Crippen molar-refractivity contribution in [1.82, 2.24) is 5.32 Å². The Balaban J connectivity index is 1.94. The summed E-state index contributed by atoms with van der Waals surface area (Å²) in [6.45, 7) is 2.13. The van der Waals surface area contributed by atoms with Gasteiger partial charge in [-0.15, -0.1) is 0 Å². The van der Waals surface area contributed by atoms with Crippen LogP contribution in [0, 0.1) is 5.92 Å². The van der Waals surface area contributed by atoms with Crippen LogP contribution in [0.15, 0.2) is 42.5 Å². The molecule has 0 amide bonds. The van der Waals surface area contributed by atoms with E-state index in [0.29, 0.717) is 5.92 Å². The molecule has 1 saturated heterocycles. The zero-order valence-electron chi connectivity index (χ0n) is 9.36. The second-order valence-corrected chi connectivity index (χ2v) is 4.18. The Morgan fingerprint density at radius 3 is 2.56 bits per heavy atom. The molecular weight excluding hydrogens is 198 g/mol. The summed E-state index contributed by atoms with van der Waals surface area (Å²) in [6.07, 6.45) is 6.07. The van der Waals surface area contributed by atoms with E-state index in [0.717, 1.165) is 31.5 Å². The van der Waals surface area contributed by atoms with Crippen LogP contribution in [0.5, 0.6) is 0 Å². The van der Waals surface area contributed by atoms with Crippen molar-refractivity contribution in [2.24, 2.45) is 5.92 Å². The SMILES string of the molecule is O=C(C=CC1CCNCC1)c1ccccc1. The average molecular weight is 215 g/mol. The topological polar surface area (TPSA) is 29.1 Å². The maximum absolute atomic E-state index is 11.8. The van der Waals surface area contributed by atoms with Gasteiger partial charge >= 0.3 is 0 Å². The second-order valence-electron chi connectivity index (χ2n) is 4.18. The molecule has 2 nitrogen and oxygen atoms in total. The van der Waals surface area contributed by atoms with Crippen LogP contribution in [0.25, 0.3) is 0 Å². The highest BCUT2D eigenvalue weighted by Crippen LogP contribution is 2.13. The molecule has 1 N–H and O–H groups in total. The number of rotatable bonds is 3. The third kappa shape index (κ3) is 3.04. The molecule has 1 fully saturated rings. The van der Waals surface area contributed by atoms with E-state index in [9.17, 15) is 4.79 Å². The molecular formula is C14H17NO. The van der Waals surface area contributed by atoms with E-state index >= 15 is 0 Å². The number of carbonyl (C=O) groups excluding carboxylic acids is 1. The van der Waals surface area contributed by atoms with Crippen LogP contribution in [0.2, 0.25) is 0 Å². The van der Waals surface area contributed by atoms with Crippen molar-refractivity contribution in [3.8, 4) is 0 Å². The highest BCUT2D eigenvalue weighted by atomic mass is 16.1. The number of benzene rings is 1.